The van der Waals surface area contributed by atoms with E-state index < -0.39 is 17.9 Å². The molecule has 7 aromatic carbocycles. The van der Waals surface area contributed by atoms with Gasteiger partial charge in [-0.1, -0.05) is 61.2 Å². The molecule has 1 heterocycles. The van der Waals surface area contributed by atoms with Gasteiger partial charge in [0.05, 0.1) is 72.7 Å². The zero-order valence-corrected chi connectivity index (χ0v) is 43.7. The first-order chi connectivity index (χ1) is 38.1. The van der Waals surface area contributed by atoms with Crippen molar-refractivity contribution >= 4 is 67.5 Å². The monoisotopic (exact) mass is 1050 g/mol. The number of aromatic nitrogens is 2. The SMILES string of the molecule is C=CC(=O)OCCCCCCOc1ccc(OC(=O)C2CCC(OCc3ccc(C(=O)Oc4ccc5c6ccc(C)cc6c6nc7cc(-c8cccc(OCCOCCOC(=O)C=C)c8)ccc7nc6c5c4)cc3)CC2)cc1. The molecule has 8 aromatic rings. The van der Waals surface area contributed by atoms with Gasteiger partial charge in [0.25, 0.3) is 0 Å². The van der Waals surface area contributed by atoms with Gasteiger partial charge in [-0.2, -0.15) is 0 Å². The van der Waals surface area contributed by atoms with Gasteiger partial charge in [0.2, 0.25) is 0 Å². The maximum atomic E-state index is 13.6. The Kier molecular flexibility index (Phi) is 18.5. The third kappa shape index (κ3) is 14.3. The van der Waals surface area contributed by atoms with Crippen LogP contribution in [0.1, 0.15) is 72.9 Å². The van der Waals surface area contributed by atoms with Crippen LogP contribution in [0.3, 0.4) is 0 Å². The quantitative estimate of drug-likeness (QED) is 0.0132. The van der Waals surface area contributed by atoms with Crippen molar-refractivity contribution in [3.8, 4) is 34.1 Å². The van der Waals surface area contributed by atoms with E-state index in [1.807, 2.05) is 72.8 Å². The lowest BCUT2D eigenvalue weighted by Gasteiger charge is -2.27. The summed E-state index contributed by atoms with van der Waals surface area (Å²) in [5, 5.41) is 3.77. The number of carbonyl (C=O) groups excluding carboxylic acids is 4. The standard InChI is InChI=1S/C64H62N2O12/c1-4-59(67)74-32-9-7-6-8-31-72-48-23-25-50(26-24-48)77-63(69)45-18-21-49(22-19-45)76-41-43-14-16-44(17-15-43)64(70)78-52-27-29-54-53-28-13-42(3)37-55(53)61-62(56(54)40-52)65-57-30-20-47(39-58(57)66-61)46-11-10-12-51(38-46)73-35-33-71-34-36-75-60(68)5-2/h4-5,10-17,20,23-30,37-40,45,49H,1-2,6-9,18-19,21-22,31-36,41H2,3H3. The molecule has 0 aliphatic heterocycles. The zero-order valence-electron chi connectivity index (χ0n) is 43.7. The van der Waals surface area contributed by atoms with Crippen molar-refractivity contribution in [3.05, 3.63) is 169 Å². The summed E-state index contributed by atoms with van der Waals surface area (Å²) in [6.07, 6.45) is 8.69. The number of rotatable bonds is 25. The predicted molar refractivity (Wildman–Crippen MR) is 299 cm³/mol. The molecule has 0 radical (unpaired) electrons. The molecule has 1 aliphatic carbocycles. The van der Waals surface area contributed by atoms with Gasteiger partial charge in [-0.05, 0) is 171 Å². The molecule has 14 heteroatoms. The van der Waals surface area contributed by atoms with E-state index in [1.165, 1.54) is 6.08 Å². The van der Waals surface area contributed by atoms with Crippen LogP contribution in [0.25, 0.3) is 54.7 Å². The fourth-order valence-corrected chi connectivity index (χ4v) is 9.43. The van der Waals surface area contributed by atoms with Gasteiger partial charge in [-0.3, -0.25) is 4.79 Å². The smallest absolute Gasteiger partial charge is 0.343 e. The van der Waals surface area contributed by atoms with E-state index in [-0.39, 0.29) is 31.2 Å². The van der Waals surface area contributed by atoms with Gasteiger partial charge < -0.3 is 37.9 Å². The zero-order chi connectivity index (χ0) is 54.2. The number of ether oxygens (including phenoxy) is 8. The number of benzene rings is 7. The van der Waals surface area contributed by atoms with Crippen molar-refractivity contribution in [2.75, 3.05) is 39.6 Å². The van der Waals surface area contributed by atoms with Gasteiger partial charge in [0, 0.05) is 22.9 Å². The van der Waals surface area contributed by atoms with Crippen LogP contribution in [0, 0.1) is 12.8 Å². The molecular formula is C64H62N2O12. The third-order valence-electron chi connectivity index (χ3n) is 13.6. The largest absolute Gasteiger partial charge is 0.494 e. The van der Waals surface area contributed by atoms with Crippen LogP contribution in [0.5, 0.6) is 23.0 Å². The van der Waals surface area contributed by atoms with E-state index in [2.05, 4.69) is 38.3 Å². The number of unbranched alkanes of at least 4 members (excludes halogenated alkanes) is 3. The van der Waals surface area contributed by atoms with Crippen molar-refractivity contribution < 1.29 is 57.1 Å². The first kappa shape index (κ1) is 54.3. The molecule has 1 aromatic heterocycles. The second-order valence-corrected chi connectivity index (χ2v) is 19.1. The molecule has 0 N–H and O–H groups in total. The molecule has 0 amide bonds. The van der Waals surface area contributed by atoms with Gasteiger partial charge in [-0.15, -0.1) is 0 Å². The summed E-state index contributed by atoms with van der Waals surface area (Å²) in [5.74, 6) is 0.456. The first-order valence-electron chi connectivity index (χ1n) is 26.4. The molecule has 0 saturated heterocycles. The Balaban J connectivity index is 0.767. The second kappa shape index (κ2) is 26.5. The molecule has 0 spiro atoms. The molecule has 0 atom stereocenters. The van der Waals surface area contributed by atoms with Crippen LogP contribution in [0.15, 0.2) is 153 Å². The van der Waals surface area contributed by atoms with Gasteiger partial charge in [0.1, 0.15) is 36.2 Å². The molecule has 78 heavy (non-hydrogen) atoms. The van der Waals surface area contributed by atoms with Crippen LogP contribution in [0.4, 0.5) is 0 Å². The van der Waals surface area contributed by atoms with Crippen LogP contribution in [-0.2, 0) is 39.9 Å². The Labute approximate surface area is 452 Å². The molecule has 400 valence electrons. The molecule has 9 rings (SSSR count). The van der Waals surface area contributed by atoms with Crippen molar-refractivity contribution in [1.82, 2.24) is 9.97 Å². The Morgan fingerprint density at radius 3 is 1.94 bits per heavy atom. The fraction of sp³-hybridized carbons (Fsp3) is 0.281. The van der Waals surface area contributed by atoms with E-state index in [4.69, 9.17) is 47.9 Å². The summed E-state index contributed by atoms with van der Waals surface area (Å²) in [5.41, 5.74) is 7.22. The summed E-state index contributed by atoms with van der Waals surface area (Å²) in [6.45, 7) is 11.2. The predicted octanol–water partition coefficient (Wildman–Crippen LogP) is 12.8. The summed E-state index contributed by atoms with van der Waals surface area (Å²) in [7, 11) is 0. The number of hydrogen-bond donors (Lipinski definition) is 0. The highest BCUT2D eigenvalue weighted by Crippen LogP contribution is 2.38. The van der Waals surface area contributed by atoms with E-state index in [9.17, 15) is 19.2 Å². The fourth-order valence-electron chi connectivity index (χ4n) is 9.43. The number of carbonyl (C=O) groups is 4. The second-order valence-electron chi connectivity index (χ2n) is 19.1. The van der Waals surface area contributed by atoms with Crippen LogP contribution in [0.2, 0.25) is 0 Å². The lowest BCUT2D eigenvalue weighted by molar-refractivity contribution is -0.141. The highest BCUT2D eigenvalue weighted by Gasteiger charge is 2.28. The maximum absolute atomic E-state index is 13.6. The van der Waals surface area contributed by atoms with Gasteiger partial charge in [0.15, 0.2) is 0 Å². The lowest BCUT2D eigenvalue weighted by atomic mass is 9.87. The van der Waals surface area contributed by atoms with Crippen molar-refractivity contribution in [2.24, 2.45) is 5.92 Å². The minimum absolute atomic E-state index is 0.00710. The van der Waals surface area contributed by atoms with E-state index in [0.717, 1.165) is 105 Å². The van der Waals surface area contributed by atoms with Crippen molar-refractivity contribution in [3.63, 3.8) is 0 Å². The van der Waals surface area contributed by atoms with Crippen molar-refractivity contribution in [2.45, 2.75) is 71.0 Å². The summed E-state index contributed by atoms with van der Waals surface area (Å²) in [6, 6.07) is 40.1. The first-order valence-corrected chi connectivity index (χ1v) is 26.4. The Morgan fingerprint density at radius 2 is 1.18 bits per heavy atom. The van der Waals surface area contributed by atoms with E-state index in [1.54, 1.807) is 36.4 Å². The average molecular weight is 1050 g/mol. The molecule has 1 aliphatic rings. The Hall–Kier alpha value is -8.46. The van der Waals surface area contributed by atoms with Crippen LogP contribution < -0.4 is 18.9 Å². The number of esters is 4. The minimum Gasteiger partial charge on any atom is -0.494 e. The number of hydrogen-bond acceptors (Lipinski definition) is 14. The van der Waals surface area contributed by atoms with Gasteiger partial charge in [-0.25, -0.2) is 24.4 Å². The molecule has 1 saturated carbocycles. The highest BCUT2D eigenvalue weighted by molar-refractivity contribution is 6.24. The average Bonchev–Trinajstić information content (AvgIpc) is 3.62. The van der Waals surface area contributed by atoms with Gasteiger partial charge >= 0.3 is 23.9 Å². The number of fused-ring (bicyclic) bond motifs is 7. The van der Waals surface area contributed by atoms with Crippen molar-refractivity contribution in [1.29, 1.82) is 0 Å². The number of nitrogens with zero attached hydrogens (tertiary/aromatic N) is 2. The Bertz CT molecular complexity index is 3440. The van der Waals surface area contributed by atoms with Crippen LogP contribution in [-0.4, -0.2) is 79.6 Å². The topological polar surface area (TPSA) is 168 Å². The van der Waals surface area contributed by atoms with E-state index >= 15 is 0 Å². The summed E-state index contributed by atoms with van der Waals surface area (Å²) in [4.78, 5) is 59.4. The highest BCUT2D eigenvalue weighted by atomic mass is 16.6. The lowest BCUT2D eigenvalue weighted by Crippen LogP contribution is -2.28. The molecule has 1 fully saturated rings. The minimum atomic E-state index is -0.488. The number of aryl methyl sites for hydroxylation is 1. The van der Waals surface area contributed by atoms with Crippen LogP contribution >= 0.6 is 0 Å². The Morgan fingerprint density at radius 1 is 0.538 bits per heavy atom. The maximum Gasteiger partial charge on any atom is 0.343 e. The summed E-state index contributed by atoms with van der Waals surface area (Å²) < 4.78 is 45.2. The molecule has 14 nitrogen and oxygen atoms in total. The molecule has 0 bridgehead atoms. The third-order valence-corrected chi connectivity index (χ3v) is 13.6. The summed E-state index contributed by atoms with van der Waals surface area (Å²) >= 11 is 0. The molecular weight excluding hydrogens is 989 g/mol. The van der Waals surface area contributed by atoms with E-state index in [0.29, 0.717) is 80.0 Å². The normalized spacial score (nSPS) is 14.2. The molecule has 0 unspecified atom stereocenters.